The van der Waals surface area contributed by atoms with Crippen LogP contribution in [-0.4, -0.2) is 4.98 Å². The summed E-state index contributed by atoms with van der Waals surface area (Å²) >= 11 is 0. The van der Waals surface area contributed by atoms with Crippen LogP contribution in [0.25, 0.3) is 6.08 Å². The van der Waals surface area contributed by atoms with Crippen LogP contribution in [0, 0.1) is 11.8 Å². The molecule has 1 aromatic rings. The Morgan fingerprint density at radius 2 is 2.09 bits per heavy atom. The largest absolute Gasteiger partial charge is 0.257 e. The zero-order valence-corrected chi connectivity index (χ0v) is 14.8. The van der Waals surface area contributed by atoms with Crippen LogP contribution in [-0.2, 0) is 6.42 Å². The summed E-state index contributed by atoms with van der Waals surface area (Å²) < 4.78 is 12.7. The van der Waals surface area contributed by atoms with Crippen molar-refractivity contribution < 1.29 is 4.39 Å². The van der Waals surface area contributed by atoms with Crippen molar-refractivity contribution in [3.05, 3.63) is 47.6 Å². The Labute approximate surface area is 140 Å². The zero-order chi connectivity index (χ0) is 16.8. The molecule has 0 amide bonds. The Kier molecular flexibility index (Phi) is 6.56. The maximum absolute atomic E-state index is 12.7. The van der Waals surface area contributed by atoms with Crippen LogP contribution in [0.1, 0.15) is 75.6 Å². The highest BCUT2D eigenvalue weighted by Gasteiger charge is 2.27. The first-order valence-corrected chi connectivity index (χ1v) is 8.98. The summed E-state index contributed by atoms with van der Waals surface area (Å²) in [6.45, 7) is 10.8. The minimum absolute atomic E-state index is 0.597. The van der Waals surface area contributed by atoms with Crippen molar-refractivity contribution in [3.63, 3.8) is 0 Å². The van der Waals surface area contributed by atoms with Gasteiger partial charge in [0.25, 0.3) is 0 Å². The molecular formula is C21H30FN. The smallest absolute Gasteiger partial charge is 0.0888 e. The SMILES string of the molecule is C=C(C)C(C)C1CCC(c2ccnc(/C=C\F)c2CCC)CC1. The molecule has 0 radical (unpaired) electrons. The molecule has 1 aromatic heterocycles. The highest BCUT2D eigenvalue weighted by atomic mass is 19.1. The second kappa shape index (κ2) is 8.42. The quantitative estimate of drug-likeness (QED) is 0.549. The van der Waals surface area contributed by atoms with Gasteiger partial charge < -0.3 is 0 Å². The van der Waals surface area contributed by atoms with Gasteiger partial charge in [-0.2, -0.15) is 0 Å². The van der Waals surface area contributed by atoms with E-state index < -0.39 is 0 Å². The summed E-state index contributed by atoms with van der Waals surface area (Å²) in [5, 5.41) is 0. The third-order valence-corrected chi connectivity index (χ3v) is 5.54. The first-order chi connectivity index (χ1) is 11.1. The van der Waals surface area contributed by atoms with Crippen molar-refractivity contribution in [2.24, 2.45) is 11.8 Å². The molecule has 2 rings (SSSR count). The molecule has 0 saturated heterocycles. The predicted molar refractivity (Wildman–Crippen MR) is 97.1 cm³/mol. The highest BCUT2D eigenvalue weighted by Crippen LogP contribution is 2.41. The third-order valence-electron chi connectivity index (χ3n) is 5.54. The molecule has 126 valence electrons. The molecule has 0 aromatic carbocycles. The van der Waals surface area contributed by atoms with E-state index in [1.807, 2.05) is 6.20 Å². The van der Waals surface area contributed by atoms with Crippen molar-refractivity contribution in [2.45, 2.75) is 65.2 Å². The molecule has 2 heteroatoms. The molecule has 1 saturated carbocycles. The van der Waals surface area contributed by atoms with Crippen LogP contribution in [0.15, 0.2) is 30.7 Å². The van der Waals surface area contributed by atoms with Crippen LogP contribution in [0.2, 0.25) is 0 Å². The summed E-state index contributed by atoms with van der Waals surface area (Å²) in [5.41, 5.74) is 4.76. The number of hydrogen-bond acceptors (Lipinski definition) is 1. The van der Waals surface area contributed by atoms with Gasteiger partial charge in [0.15, 0.2) is 0 Å². The fraction of sp³-hybridized carbons (Fsp3) is 0.571. The van der Waals surface area contributed by atoms with E-state index in [4.69, 9.17) is 0 Å². The van der Waals surface area contributed by atoms with E-state index in [-0.39, 0.29) is 0 Å². The number of allylic oxidation sites excluding steroid dienone is 1. The second-order valence-electron chi connectivity index (χ2n) is 7.05. The first-order valence-electron chi connectivity index (χ1n) is 8.98. The molecule has 1 nitrogen and oxygen atoms in total. The summed E-state index contributed by atoms with van der Waals surface area (Å²) in [7, 11) is 0. The van der Waals surface area contributed by atoms with E-state index in [2.05, 4.69) is 38.4 Å². The molecule has 0 aliphatic heterocycles. The fourth-order valence-electron chi connectivity index (χ4n) is 3.97. The molecule has 1 heterocycles. The molecule has 1 atom stereocenters. The standard InChI is InChI=1S/C21H30FN/c1-5-6-20-19(12-14-23-21(20)11-13-22)18-9-7-17(8-10-18)16(4)15(2)3/h11-14,16-18H,2,5-10H2,1,3-4H3/b13-11-. The van der Waals surface area contributed by atoms with Gasteiger partial charge in [-0.15, -0.1) is 0 Å². The number of hydrogen-bond donors (Lipinski definition) is 0. The van der Waals surface area contributed by atoms with Gasteiger partial charge in [-0.25, -0.2) is 4.39 Å². The van der Waals surface area contributed by atoms with Gasteiger partial charge in [-0.3, -0.25) is 4.98 Å². The lowest BCUT2D eigenvalue weighted by atomic mass is 9.72. The minimum Gasteiger partial charge on any atom is -0.257 e. The summed E-state index contributed by atoms with van der Waals surface area (Å²) in [5.74, 6) is 1.99. The van der Waals surface area contributed by atoms with Gasteiger partial charge in [-0.1, -0.05) is 32.4 Å². The van der Waals surface area contributed by atoms with E-state index in [1.54, 1.807) is 0 Å². The number of halogens is 1. The lowest BCUT2D eigenvalue weighted by Crippen LogP contribution is -2.20. The summed E-state index contributed by atoms with van der Waals surface area (Å²) in [6.07, 6.45) is 11.0. The number of aromatic nitrogens is 1. The Hall–Kier alpha value is -1.44. The van der Waals surface area contributed by atoms with Gasteiger partial charge in [0.05, 0.1) is 12.0 Å². The van der Waals surface area contributed by atoms with Crippen molar-refractivity contribution >= 4 is 6.08 Å². The maximum atomic E-state index is 12.7. The molecule has 0 bridgehead atoms. The summed E-state index contributed by atoms with van der Waals surface area (Å²) in [6, 6.07) is 2.16. The second-order valence-corrected chi connectivity index (χ2v) is 7.05. The van der Waals surface area contributed by atoms with Gasteiger partial charge >= 0.3 is 0 Å². The van der Waals surface area contributed by atoms with Crippen LogP contribution >= 0.6 is 0 Å². The average Bonchev–Trinajstić information content (AvgIpc) is 2.56. The van der Waals surface area contributed by atoms with E-state index >= 15 is 0 Å². The van der Waals surface area contributed by atoms with Gasteiger partial charge in [0.2, 0.25) is 0 Å². The number of rotatable bonds is 6. The van der Waals surface area contributed by atoms with Crippen LogP contribution in [0.5, 0.6) is 0 Å². The monoisotopic (exact) mass is 315 g/mol. The van der Waals surface area contributed by atoms with Crippen LogP contribution in [0.3, 0.4) is 0 Å². The average molecular weight is 315 g/mol. The van der Waals surface area contributed by atoms with E-state index in [0.717, 1.165) is 24.5 Å². The minimum atomic E-state index is 0.597. The van der Waals surface area contributed by atoms with Gasteiger partial charge in [0, 0.05) is 6.20 Å². The molecule has 1 aliphatic carbocycles. The van der Waals surface area contributed by atoms with Crippen molar-refractivity contribution in [3.8, 4) is 0 Å². The molecule has 0 spiro atoms. The van der Waals surface area contributed by atoms with E-state index in [9.17, 15) is 4.39 Å². The molecule has 1 fully saturated rings. The third kappa shape index (κ3) is 4.31. The molecule has 1 unspecified atom stereocenters. The molecule has 23 heavy (non-hydrogen) atoms. The van der Waals surface area contributed by atoms with Crippen molar-refractivity contribution in [2.75, 3.05) is 0 Å². The number of nitrogens with zero attached hydrogens (tertiary/aromatic N) is 1. The highest BCUT2D eigenvalue weighted by molar-refractivity contribution is 5.51. The van der Waals surface area contributed by atoms with Gasteiger partial charge in [-0.05, 0) is 80.1 Å². The fourth-order valence-corrected chi connectivity index (χ4v) is 3.97. The first kappa shape index (κ1) is 17.9. The van der Waals surface area contributed by atoms with Crippen molar-refractivity contribution in [1.82, 2.24) is 4.98 Å². The normalized spacial score (nSPS) is 23.1. The summed E-state index contributed by atoms with van der Waals surface area (Å²) in [4.78, 5) is 4.37. The topological polar surface area (TPSA) is 12.9 Å². The Bertz CT molecular complexity index is 553. The lowest BCUT2D eigenvalue weighted by molar-refractivity contribution is 0.268. The molecule has 1 aliphatic rings. The van der Waals surface area contributed by atoms with Gasteiger partial charge in [0.1, 0.15) is 0 Å². The Morgan fingerprint density at radius 1 is 1.39 bits per heavy atom. The lowest BCUT2D eigenvalue weighted by Gasteiger charge is -2.33. The maximum Gasteiger partial charge on any atom is 0.0888 e. The van der Waals surface area contributed by atoms with Crippen molar-refractivity contribution in [1.29, 1.82) is 0 Å². The Morgan fingerprint density at radius 3 is 2.65 bits per heavy atom. The van der Waals surface area contributed by atoms with Crippen LogP contribution < -0.4 is 0 Å². The zero-order valence-electron chi connectivity index (χ0n) is 14.8. The molecule has 0 N–H and O–H groups in total. The van der Waals surface area contributed by atoms with E-state index in [0.29, 0.717) is 18.2 Å². The number of pyridine rings is 1. The molecular weight excluding hydrogens is 285 g/mol. The predicted octanol–water partition coefficient (Wildman–Crippen LogP) is 6.46. The van der Waals surface area contributed by atoms with E-state index in [1.165, 1.54) is 48.5 Å². The Balaban J connectivity index is 2.17. The van der Waals surface area contributed by atoms with Crippen LogP contribution in [0.4, 0.5) is 4.39 Å².